The van der Waals surface area contributed by atoms with Crippen molar-refractivity contribution < 1.29 is 8.83 Å². The molecule has 3 aromatic heterocycles. The molecule has 5 nitrogen and oxygen atoms in total. The Morgan fingerprint density at radius 3 is 1.74 bits per heavy atom. The summed E-state index contributed by atoms with van der Waals surface area (Å²) in [5.41, 5.74) is 14.1. The molecule has 5 heteroatoms. The van der Waals surface area contributed by atoms with Crippen molar-refractivity contribution in [3.8, 4) is 44.9 Å². The molecule has 0 aliphatic heterocycles. The first-order valence-electron chi connectivity index (χ1n) is 19.1. The predicted octanol–water partition coefficient (Wildman–Crippen LogP) is 14.4. The molecule has 11 rings (SSSR count). The maximum absolute atomic E-state index is 6.70. The summed E-state index contributed by atoms with van der Waals surface area (Å²) in [6, 6.07) is 69.2. The topological polar surface area (TPSA) is 55.3 Å². The molecule has 8 aromatic carbocycles. The Morgan fingerprint density at radius 2 is 0.965 bits per heavy atom. The molecule has 3 heterocycles. The molecule has 0 N–H and O–H groups in total. The van der Waals surface area contributed by atoms with Crippen LogP contribution in [0.15, 0.2) is 209 Å². The fourth-order valence-corrected chi connectivity index (χ4v) is 7.98. The summed E-state index contributed by atoms with van der Waals surface area (Å²) in [5, 5.41) is 2.91. The predicted molar refractivity (Wildman–Crippen MR) is 233 cm³/mol. The van der Waals surface area contributed by atoms with Crippen LogP contribution in [0.1, 0.15) is 0 Å². The Kier molecular flexibility index (Phi) is 7.74. The van der Waals surface area contributed by atoms with Gasteiger partial charge < -0.3 is 13.7 Å². The zero-order valence-electron chi connectivity index (χ0n) is 30.7. The first-order valence-corrected chi connectivity index (χ1v) is 19.1. The maximum atomic E-state index is 6.70. The Bertz CT molecular complexity index is 3230. The number of hydrogen-bond acceptors (Lipinski definition) is 5. The van der Waals surface area contributed by atoms with Crippen molar-refractivity contribution in [3.05, 3.63) is 200 Å². The lowest BCUT2D eigenvalue weighted by atomic mass is 10.0. The number of rotatable bonds is 7. The molecular formula is C52H33N3O2. The average molecular weight is 732 g/mol. The first-order chi connectivity index (χ1) is 28.2. The minimum Gasteiger partial charge on any atom is -0.456 e. The smallest absolute Gasteiger partial charge is 0.180 e. The van der Waals surface area contributed by atoms with E-state index in [1.165, 1.54) is 11.1 Å². The van der Waals surface area contributed by atoms with Gasteiger partial charge in [-0.2, -0.15) is 0 Å². The molecule has 0 bridgehead atoms. The van der Waals surface area contributed by atoms with Gasteiger partial charge in [0.25, 0.3) is 0 Å². The van der Waals surface area contributed by atoms with Crippen molar-refractivity contribution in [2.75, 3.05) is 4.90 Å². The van der Waals surface area contributed by atoms with Crippen molar-refractivity contribution in [3.63, 3.8) is 0 Å². The van der Waals surface area contributed by atoms with Crippen LogP contribution in [0.3, 0.4) is 0 Å². The van der Waals surface area contributed by atoms with E-state index >= 15 is 0 Å². The Balaban J connectivity index is 1.08. The zero-order valence-corrected chi connectivity index (χ0v) is 30.7. The molecule has 0 saturated heterocycles. The van der Waals surface area contributed by atoms with Gasteiger partial charge in [0.15, 0.2) is 11.4 Å². The van der Waals surface area contributed by atoms with Gasteiger partial charge in [-0.15, -0.1) is 0 Å². The number of furan rings is 2. The summed E-state index contributed by atoms with van der Waals surface area (Å²) in [4.78, 5) is 12.7. The molecule has 0 aliphatic rings. The standard InChI is InChI=1S/C52H33N3O2/c1-4-14-34(15-5-1)36-26-28-39(29-27-36)55(40-21-12-20-38(32-40)35-16-6-2-7-17-35)41-30-31-42-47(33-41)56-46-25-13-23-44(48(42)46)52-53-49(37-18-8-3-9-19-37)51-50(54-52)43-22-10-11-24-45(43)57-51/h1-33H. The highest BCUT2D eigenvalue weighted by molar-refractivity contribution is 6.14. The quantitative estimate of drug-likeness (QED) is 0.163. The van der Waals surface area contributed by atoms with E-state index in [9.17, 15) is 0 Å². The number of benzene rings is 8. The fraction of sp³-hybridized carbons (Fsp3) is 0. The van der Waals surface area contributed by atoms with E-state index in [-0.39, 0.29) is 0 Å². The molecule has 0 spiro atoms. The van der Waals surface area contributed by atoms with Crippen molar-refractivity contribution in [2.24, 2.45) is 0 Å². The third kappa shape index (κ3) is 5.72. The molecule has 0 saturated carbocycles. The van der Waals surface area contributed by atoms with Gasteiger partial charge in [-0.05, 0) is 76.9 Å². The van der Waals surface area contributed by atoms with E-state index in [4.69, 9.17) is 18.8 Å². The second-order valence-corrected chi connectivity index (χ2v) is 14.2. The Hall–Kier alpha value is -7.76. The van der Waals surface area contributed by atoms with Crippen molar-refractivity contribution in [2.45, 2.75) is 0 Å². The van der Waals surface area contributed by atoms with E-state index in [2.05, 4.69) is 144 Å². The van der Waals surface area contributed by atoms with Gasteiger partial charge in [0.05, 0.1) is 0 Å². The Labute approximate surface area is 328 Å². The van der Waals surface area contributed by atoms with Crippen LogP contribution >= 0.6 is 0 Å². The minimum absolute atomic E-state index is 0.614. The third-order valence-corrected chi connectivity index (χ3v) is 10.7. The molecular weight excluding hydrogens is 699 g/mol. The number of aromatic nitrogens is 2. The maximum Gasteiger partial charge on any atom is 0.180 e. The van der Waals surface area contributed by atoms with Crippen LogP contribution in [0.2, 0.25) is 0 Å². The normalized spacial score (nSPS) is 11.5. The van der Waals surface area contributed by atoms with Crippen LogP contribution in [-0.2, 0) is 0 Å². The summed E-state index contributed by atoms with van der Waals surface area (Å²) in [5.74, 6) is 0.614. The van der Waals surface area contributed by atoms with Crippen LogP contribution in [0.25, 0.3) is 88.9 Å². The largest absolute Gasteiger partial charge is 0.456 e. The molecule has 0 fully saturated rings. The Morgan fingerprint density at radius 1 is 0.368 bits per heavy atom. The summed E-state index contributed by atoms with van der Waals surface area (Å²) in [6.07, 6.45) is 0. The summed E-state index contributed by atoms with van der Waals surface area (Å²) in [6.45, 7) is 0. The summed E-state index contributed by atoms with van der Waals surface area (Å²) in [7, 11) is 0. The van der Waals surface area contributed by atoms with Gasteiger partial charge in [0.2, 0.25) is 0 Å². The molecule has 268 valence electrons. The van der Waals surface area contributed by atoms with Crippen LogP contribution < -0.4 is 4.90 Å². The lowest BCUT2D eigenvalue weighted by molar-refractivity contribution is 0.667. The van der Waals surface area contributed by atoms with Gasteiger partial charge in [0, 0.05) is 50.4 Å². The molecule has 0 unspecified atom stereocenters. The van der Waals surface area contributed by atoms with Gasteiger partial charge in [-0.25, -0.2) is 9.97 Å². The zero-order chi connectivity index (χ0) is 37.7. The molecule has 0 aliphatic carbocycles. The lowest BCUT2D eigenvalue weighted by Crippen LogP contribution is -2.10. The van der Waals surface area contributed by atoms with Gasteiger partial charge >= 0.3 is 0 Å². The number of para-hydroxylation sites is 1. The first kappa shape index (κ1) is 32.7. The molecule has 0 amide bonds. The second kappa shape index (κ2) is 13.5. The highest BCUT2D eigenvalue weighted by Crippen LogP contribution is 2.43. The number of nitrogens with zero attached hydrogens (tertiary/aromatic N) is 3. The van der Waals surface area contributed by atoms with Crippen molar-refractivity contribution >= 4 is 61.1 Å². The van der Waals surface area contributed by atoms with Crippen LogP contribution in [-0.4, -0.2) is 9.97 Å². The van der Waals surface area contributed by atoms with Crippen LogP contribution in [0.4, 0.5) is 17.1 Å². The van der Waals surface area contributed by atoms with Gasteiger partial charge in [-0.3, -0.25) is 0 Å². The van der Waals surface area contributed by atoms with E-state index in [1.807, 2.05) is 60.7 Å². The summed E-state index contributed by atoms with van der Waals surface area (Å²) >= 11 is 0. The average Bonchev–Trinajstić information content (AvgIpc) is 3.86. The SMILES string of the molecule is c1ccc(-c2ccc(N(c3cccc(-c4ccccc4)c3)c3ccc4c(c3)oc3cccc(-c5nc(-c6ccccc6)c6oc7ccccc7c6n5)c34)cc2)cc1. The van der Waals surface area contributed by atoms with Crippen molar-refractivity contribution in [1.29, 1.82) is 0 Å². The van der Waals surface area contributed by atoms with E-state index in [0.717, 1.165) is 83.4 Å². The molecule has 57 heavy (non-hydrogen) atoms. The van der Waals surface area contributed by atoms with Gasteiger partial charge in [0.1, 0.15) is 28.0 Å². The lowest BCUT2D eigenvalue weighted by Gasteiger charge is -2.26. The second-order valence-electron chi connectivity index (χ2n) is 14.2. The monoisotopic (exact) mass is 731 g/mol. The molecule has 0 atom stereocenters. The van der Waals surface area contributed by atoms with Crippen LogP contribution in [0, 0.1) is 0 Å². The highest BCUT2D eigenvalue weighted by atomic mass is 16.3. The minimum atomic E-state index is 0.614. The number of hydrogen-bond donors (Lipinski definition) is 0. The molecule has 11 aromatic rings. The van der Waals surface area contributed by atoms with Crippen molar-refractivity contribution in [1.82, 2.24) is 9.97 Å². The fourth-order valence-electron chi connectivity index (χ4n) is 7.98. The van der Waals surface area contributed by atoms with E-state index < -0.39 is 0 Å². The van der Waals surface area contributed by atoms with Crippen LogP contribution in [0.5, 0.6) is 0 Å². The van der Waals surface area contributed by atoms with E-state index in [0.29, 0.717) is 11.4 Å². The third-order valence-electron chi connectivity index (χ3n) is 10.7. The molecule has 0 radical (unpaired) electrons. The van der Waals surface area contributed by atoms with Gasteiger partial charge in [-0.1, -0.05) is 140 Å². The number of anilines is 3. The highest BCUT2D eigenvalue weighted by Gasteiger charge is 2.22. The van der Waals surface area contributed by atoms with E-state index in [1.54, 1.807) is 0 Å². The number of fused-ring (bicyclic) bond motifs is 6. The summed E-state index contributed by atoms with van der Waals surface area (Å²) < 4.78 is 13.1.